The van der Waals surface area contributed by atoms with Crippen LogP contribution in [0.4, 0.5) is 11.4 Å². The van der Waals surface area contributed by atoms with Crippen LogP contribution >= 0.6 is 0 Å². The van der Waals surface area contributed by atoms with E-state index in [1.165, 1.54) is 0 Å². The molecule has 0 bridgehead atoms. The number of non-ortho nitro benzene ring substituents is 1. The van der Waals surface area contributed by atoms with Crippen molar-refractivity contribution in [3.63, 3.8) is 0 Å². The number of nitrogens with zero attached hydrogens (tertiary/aromatic N) is 4. The first-order chi connectivity index (χ1) is 7.93. The normalized spacial score (nSPS) is 10.0. The molecule has 1 aromatic heterocycles. The molecule has 0 spiro atoms. The second-order valence-corrected chi connectivity index (χ2v) is 2.89. The average molecular weight is 280 g/mol. The largest absolute Gasteiger partial charge is 1.00 e. The minimum atomic E-state index is -1.29. The van der Waals surface area contributed by atoms with E-state index < -0.39 is 42.9 Å². The zero-order chi connectivity index (χ0) is 12.7. The molecule has 0 atom stereocenters. The van der Waals surface area contributed by atoms with E-state index in [9.17, 15) is 30.5 Å². The van der Waals surface area contributed by atoms with Gasteiger partial charge in [-0.2, -0.15) is 0 Å². The third kappa shape index (κ3) is 2.15. The second-order valence-electron chi connectivity index (χ2n) is 2.89. The predicted octanol–water partition coefficient (Wildman–Crippen LogP) is -3.64. The number of hydrogen-bond donors (Lipinski definition) is 0. The van der Waals surface area contributed by atoms with Crippen molar-refractivity contribution in [2.75, 3.05) is 0 Å². The number of fused-ring (bicyclic) bond motifs is 1. The first-order valence-corrected chi connectivity index (χ1v) is 3.95. The number of nitro groups is 2. The van der Waals surface area contributed by atoms with Crippen LogP contribution in [0.15, 0.2) is 10.7 Å². The zero-order valence-electron chi connectivity index (χ0n) is 8.72. The Balaban J connectivity index is 0.00000162. The Morgan fingerprint density at radius 1 is 1.22 bits per heavy atom. The molecule has 2 rings (SSSR count). The molecule has 0 aliphatic rings. The van der Waals surface area contributed by atoms with Gasteiger partial charge < -0.3 is 10.3 Å². The van der Waals surface area contributed by atoms with Crippen LogP contribution in [0.1, 0.15) is 0 Å². The predicted molar refractivity (Wildman–Crippen MR) is 45.7 cm³/mol. The van der Waals surface area contributed by atoms with Crippen molar-refractivity contribution < 1.29 is 75.9 Å². The fraction of sp³-hybridized carbons (Fsp3) is 0. The van der Waals surface area contributed by atoms with Gasteiger partial charge in [0.25, 0.3) is 5.69 Å². The first kappa shape index (κ1) is 14.7. The maximum absolute atomic E-state index is 11.4. The molecule has 0 amide bonds. The quantitative estimate of drug-likeness (QED) is 0.235. The molecule has 0 saturated carbocycles. The van der Waals surface area contributed by atoms with Gasteiger partial charge in [-0.15, -0.1) is 0 Å². The Bertz CT molecular complexity index is 653. The van der Waals surface area contributed by atoms with Crippen molar-refractivity contribution in [3.05, 3.63) is 31.5 Å². The van der Waals surface area contributed by atoms with E-state index in [-0.39, 0.29) is 51.4 Å². The monoisotopic (exact) mass is 280 g/mol. The van der Waals surface area contributed by atoms with Gasteiger partial charge >= 0.3 is 62.6 Å². The van der Waals surface area contributed by atoms with Crippen LogP contribution in [0.2, 0.25) is 0 Å². The fourth-order valence-electron chi connectivity index (χ4n) is 1.27. The first-order valence-electron chi connectivity index (χ1n) is 3.95. The molecule has 0 unspecified atom stereocenters. The van der Waals surface area contributed by atoms with E-state index in [1.54, 1.807) is 0 Å². The van der Waals surface area contributed by atoms with Crippen LogP contribution in [-0.2, 0) is 0 Å². The van der Waals surface area contributed by atoms with Crippen molar-refractivity contribution in [2.24, 2.45) is 0 Å². The molecular formula is C6HKN4O7. The Morgan fingerprint density at radius 3 is 2.28 bits per heavy atom. The van der Waals surface area contributed by atoms with Crippen molar-refractivity contribution >= 4 is 22.4 Å². The van der Waals surface area contributed by atoms with Gasteiger partial charge in [-0.3, -0.25) is 24.9 Å². The molecule has 11 nitrogen and oxygen atoms in total. The van der Waals surface area contributed by atoms with Gasteiger partial charge in [0.2, 0.25) is 5.52 Å². The maximum atomic E-state index is 11.4. The van der Waals surface area contributed by atoms with Crippen molar-refractivity contribution in [3.8, 4) is 5.75 Å². The molecule has 0 saturated heterocycles. The summed E-state index contributed by atoms with van der Waals surface area (Å²) in [6.45, 7) is 0. The molecular weight excluding hydrogens is 279 g/mol. The van der Waals surface area contributed by atoms with Crippen LogP contribution in [0.3, 0.4) is 0 Å². The van der Waals surface area contributed by atoms with Crippen molar-refractivity contribution in [1.82, 2.24) is 5.16 Å². The fourth-order valence-corrected chi connectivity index (χ4v) is 1.27. The smallest absolute Gasteiger partial charge is 0.865 e. The van der Waals surface area contributed by atoms with Gasteiger partial charge in [-0.1, -0.05) is 0 Å². The van der Waals surface area contributed by atoms with E-state index in [4.69, 9.17) is 0 Å². The topological polar surface area (TPSA) is 162 Å². The maximum Gasteiger partial charge on any atom is 1.00 e. The van der Waals surface area contributed by atoms with Crippen LogP contribution in [0.25, 0.3) is 11.0 Å². The SMILES string of the molecule is O=[N+]([O-])c1cc([N+](=O)[O-])c2no[n+]([O-])c2c1[O-].[K+]. The van der Waals surface area contributed by atoms with Crippen molar-refractivity contribution in [1.29, 1.82) is 0 Å². The third-order valence-electron chi connectivity index (χ3n) is 1.97. The number of nitro benzene ring substituents is 2. The van der Waals surface area contributed by atoms with Crippen LogP contribution in [0, 0.1) is 25.4 Å². The number of hydrogen-bond acceptors (Lipinski definition) is 8. The Morgan fingerprint density at radius 2 is 1.78 bits per heavy atom. The molecule has 0 radical (unpaired) electrons. The minimum absolute atomic E-state index is 0. The van der Waals surface area contributed by atoms with E-state index >= 15 is 0 Å². The molecule has 1 aromatic carbocycles. The summed E-state index contributed by atoms with van der Waals surface area (Å²) in [5, 5.41) is 46.5. The summed E-state index contributed by atoms with van der Waals surface area (Å²) < 4.78 is 4.01. The molecule has 1 heterocycles. The minimum Gasteiger partial charge on any atom is -0.865 e. The average Bonchev–Trinajstić information content (AvgIpc) is 2.61. The summed E-state index contributed by atoms with van der Waals surface area (Å²) >= 11 is 0. The summed E-state index contributed by atoms with van der Waals surface area (Å²) in [4.78, 5) is 18.6. The summed E-state index contributed by atoms with van der Waals surface area (Å²) in [5.74, 6) is -1.29. The van der Waals surface area contributed by atoms with E-state index in [2.05, 4.69) is 9.79 Å². The van der Waals surface area contributed by atoms with E-state index in [1.807, 2.05) is 0 Å². The van der Waals surface area contributed by atoms with Gasteiger partial charge in [-0.25, -0.2) is 0 Å². The molecule has 0 fully saturated rings. The van der Waals surface area contributed by atoms with E-state index in [0.717, 1.165) is 0 Å². The van der Waals surface area contributed by atoms with Crippen molar-refractivity contribution in [2.45, 2.75) is 0 Å². The molecule has 88 valence electrons. The summed E-state index contributed by atoms with van der Waals surface area (Å²) in [6.07, 6.45) is 0. The summed E-state index contributed by atoms with van der Waals surface area (Å²) in [7, 11) is 0. The summed E-state index contributed by atoms with van der Waals surface area (Å²) in [5.41, 5.74) is -3.42. The number of rotatable bonds is 2. The molecule has 2 aromatic rings. The molecule has 12 heteroatoms. The molecule has 0 aliphatic heterocycles. The van der Waals surface area contributed by atoms with Gasteiger partial charge in [-0.05, 0) is 4.90 Å². The summed E-state index contributed by atoms with van der Waals surface area (Å²) in [6, 6.07) is 0.438. The Hall–Kier alpha value is -1.34. The second kappa shape index (κ2) is 5.11. The number of aromatic nitrogens is 2. The standard InChI is InChI=1S/C6H2N4O7.K/c11-6-3(9(14)15)1-2(8(12)13)4-5(6)10(16)17-7-4;/h1,11H;/q;+1/p-1. The molecule has 0 N–H and O–H groups in total. The van der Waals surface area contributed by atoms with Gasteiger partial charge in [0.15, 0.2) is 0 Å². The van der Waals surface area contributed by atoms with Crippen LogP contribution in [0.5, 0.6) is 5.75 Å². The van der Waals surface area contributed by atoms with Gasteiger partial charge in [0.1, 0.15) is 0 Å². The Labute approximate surface area is 139 Å². The number of benzene rings is 1. The van der Waals surface area contributed by atoms with Crippen LogP contribution < -0.4 is 61.4 Å². The van der Waals surface area contributed by atoms with E-state index in [0.29, 0.717) is 6.07 Å². The Kier molecular flexibility index (Phi) is 4.18. The van der Waals surface area contributed by atoms with Gasteiger partial charge in [0.05, 0.1) is 21.1 Å². The van der Waals surface area contributed by atoms with Crippen LogP contribution in [-0.4, -0.2) is 15.0 Å². The zero-order valence-corrected chi connectivity index (χ0v) is 11.8. The molecule has 0 aliphatic carbocycles. The third-order valence-corrected chi connectivity index (χ3v) is 1.97. The molecule has 18 heavy (non-hydrogen) atoms. The van der Waals surface area contributed by atoms with Gasteiger partial charge in [0, 0.05) is 5.75 Å².